The summed E-state index contributed by atoms with van der Waals surface area (Å²) in [5, 5.41) is 0. The fourth-order valence-electron chi connectivity index (χ4n) is 3.63. The second kappa shape index (κ2) is 5.97. The molecule has 0 aliphatic carbocycles. The Morgan fingerprint density at radius 2 is 2.08 bits per heavy atom. The van der Waals surface area contributed by atoms with Crippen LogP contribution in [0.2, 0.25) is 0 Å². The minimum absolute atomic E-state index is 0.311. The van der Waals surface area contributed by atoms with Crippen molar-refractivity contribution in [2.75, 3.05) is 38.1 Å². The molecule has 24 heavy (non-hydrogen) atoms. The molecule has 2 aromatic rings. The second-order valence-electron chi connectivity index (χ2n) is 6.73. The summed E-state index contributed by atoms with van der Waals surface area (Å²) in [4.78, 5) is 13.1. The maximum atomic E-state index is 13.2. The standard InChI is InChI=1S/C17H18BrFN4O/c1-22-5-4-17(8-22)9-23(10-17)16-15(7-20-11-21-16)24-14-3-2-12(19)6-13(14)18/h2-3,6-7,11H,4-5,8-10H2,1H3. The maximum absolute atomic E-state index is 13.2. The number of rotatable bonds is 3. The lowest BCUT2D eigenvalue weighted by molar-refractivity contribution is 0.215. The highest BCUT2D eigenvalue weighted by molar-refractivity contribution is 9.10. The maximum Gasteiger partial charge on any atom is 0.188 e. The predicted octanol–water partition coefficient (Wildman–Crippen LogP) is 3.31. The SMILES string of the molecule is CN1CCC2(C1)CN(c1ncncc1Oc1ccc(F)cc1Br)C2. The van der Waals surface area contributed by atoms with E-state index in [2.05, 4.69) is 42.7 Å². The van der Waals surface area contributed by atoms with Gasteiger partial charge in [-0.3, -0.25) is 0 Å². The average Bonchev–Trinajstić information content (AvgIpc) is 2.92. The largest absolute Gasteiger partial charge is 0.451 e. The van der Waals surface area contributed by atoms with Crippen LogP contribution in [0.1, 0.15) is 6.42 Å². The Morgan fingerprint density at radius 1 is 1.25 bits per heavy atom. The zero-order chi connectivity index (χ0) is 16.7. The normalized spacial score (nSPS) is 19.5. The van der Waals surface area contributed by atoms with E-state index in [0.29, 0.717) is 21.4 Å². The third kappa shape index (κ3) is 2.86. The molecular weight excluding hydrogens is 375 g/mol. The molecule has 2 fully saturated rings. The van der Waals surface area contributed by atoms with Gasteiger partial charge in [0.25, 0.3) is 0 Å². The molecule has 0 N–H and O–H groups in total. The molecule has 0 bridgehead atoms. The van der Waals surface area contributed by atoms with Gasteiger partial charge in [0.15, 0.2) is 11.6 Å². The van der Waals surface area contributed by atoms with E-state index in [1.54, 1.807) is 12.3 Å². The van der Waals surface area contributed by atoms with E-state index < -0.39 is 0 Å². The smallest absolute Gasteiger partial charge is 0.188 e. The molecule has 2 aliphatic rings. The van der Waals surface area contributed by atoms with Crippen molar-refractivity contribution in [3.05, 3.63) is 41.0 Å². The Hall–Kier alpha value is -1.73. The monoisotopic (exact) mass is 392 g/mol. The van der Waals surface area contributed by atoms with Crippen LogP contribution in [0.3, 0.4) is 0 Å². The third-order valence-electron chi connectivity index (χ3n) is 4.75. The molecule has 0 saturated carbocycles. The fraction of sp³-hybridized carbons (Fsp3) is 0.412. The van der Waals surface area contributed by atoms with Crippen LogP contribution >= 0.6 is 15.9 Å². The molecule has 0 atom stereocenters. The van der Waals surface area contributed by atoms with Crippen molar-refractivity contribution in [1.29, 1.82) is 0 Å². The first kappa shape index (κ1) is 15.8. The number of hydrogen-bond acceptors (Lipinski definition) is 5. The van der Waals surface area contributed by atoms with Gasteiger partial charge in [0, 0.05) is 25.0 Å². The summed E-state index contributed by atoms with van der Waals surface area (Å²) in [5.41, 5.74) is 0.382. The van der Waals surface area contributed by atoms with Crippen molar-refractivity contribution in [1.82, 2.24) is 14.9 Å². The topological polar surface area (TPSA) is 41.5 Å². The van der Waals surface area contributed by atoms with Crippen molar-refractivity contribution in [3.8, 4) is 11.5 Å². The Kier molecular flexibility index (Phi) is 3.92. The van der Waals surface area contributed by atoms with E-state index in [0.717, 1.165) is 32.0 Å². The van der Waals surface area contributed by atoms with E-state index in [1.807, 2.05) is 0 Å². The van der Waals surface area contributed by atoms with E-state index in [1.165, 1.54) is 24.9 Å². The van der Waals surface area contributed by atoms with Gasteiger partial charge in [0.05, 0.1) is 10.7 Å². The van der Waals surface area contributed by atoms with Crippen molar-refractivity contribution in [2.45, 2.75) is 6.42 Å². The van der Waals surface area contributed by atoms with Crippen molar-refractivity contribution >= 4 is 21.7 Å². The quantitative estimate of drug-likeness (QED) is 0.801. The molecule has 0 unspecified atom stereocenters. The van der Waals surface area contributed by atoms with E-state index in [4.69, 9.17) is 4.74 Å². The molecule has 126 valence electrons. The molecule has 1 aromatic heterocycles. The molecular formula is C17H18BrFN4O. The predicted molar refractivity (Wildman–Crippen MR) is 93.0 cm³/mol. The number of anilines is 1. The first-order valence-electron chi connectivity index (χ1n) is 7.91. The van der Waals surface area contributed by atoms with Crippen LogP contribution in [0, 0.1) is 11.2 Å². The van der Waals surface area contributed by atoms with Gasteiger partial charge in [-0.1, -0.05) is 0 Å². The summed E-state index contributed by atoms with van der Waals surface area (Å²) in [7, 11) is 2.17. The van der Waals surface area contributed by atoms with Gasteiger partial charge in [-0.15, -0.1) is 0 Å². The van der Waals surface area contributed by atoms with Crippen LogP contribution in [0.25, 0.3) is 0 Å². The van der Waals surface area contributed by atoms with E-state index >= 15 is 0 Å². The number of benzene rings is 1. The van der Waals surface area contributed by atoms with Gasteiger partial charge in [0.1, 0.15) is 17.9 Å². The molecule has 2 saturated heterocycles. The molecule has 5 nitrogen and oxygen atoms in total. The van der Waals surface area contributed by atoms with E-state index in [-0.39, 0.29) is 5.82 Å². The van der Waals surface area contributed by atoms with Crippen LogP contribution in [-0.2, 0) is 0 Å². The van der Waals surface area contributed by atoms with Gasteiger partial charge in [-0.2, -0.15) is 0 Å². The highest BCUT2D eigenvalue weighted by Gasteiger charge is 2.47. The van der Waals surface area contributed by atoms with Crippen LogP contribution in [0.4, 0.5) is 10.2 Å². The fourth-order valence-corrected chi connectivity index (χ4v) is 4.06. The third-order valence-corrected chi connectivity index (χ3v) is 5.37. The Balaban J connectivity index is 1.54. The lowest BCUT2D eigenvalue weighted by atomic mass is 9.79. The van der Waals surface area contributed by atoms with Crippen molar-refractivity contribution < 1.29 is 9.13 Å². The number of aromatic nitrogens is 2. The summed E-state index contributed by atoms with van der Waals surface area (Å²) in [5.74, 6) is 1.62. The van der Waals surface area contributed by atoms with Gasteiger partial charge in [0.2, 0.25) is 0 Å². The van der Waals surface area contributed by atoms with Gasteiger partial charge >= 0.3 is 0 Å². The number of halogens is 2. The molecule has 3 heterocycles. The number of ether oxygens (including phenoxy) is 1. The van der Waals surface area contributed by atoms with Crippen LogP contribution in [-0.4, -0.2) is 48.1 Å². The van der Waals surface area contributed by atoms with Gasteiger partial charge < -0.3 is 14.5 Å². The molecule has 1 aromatic carbocycles. The summed E-state index contributed by atoms with van der Waals surface area (Å²) < 4.78 is 19.7. The number of hydrogen-bond donors (Lipinski definition) is 0. The lowest BCUT2D eigenvalue weighted by Crippen LogP contribution is -2.58. The van der Waals surface area contributed by atoms with Crippen LogP contribution in [0.5, 0.6) is 11.5 Å². The average molecular weight is 393 g/mol. The molecule has 0 radical (unpaired) electrons. The number of likely N-dealkylation sites (tertiary alicyclic amines) is 1. The first-order chi connectivity index (χ1) is 11.5. The van der Waals surface area contributed by atoms with Crippen molar-refractivity contribution in [2.24, 2.45) is 5.41 Å². The molecule has 1 spiro atoms. The highest BCUT2D eigenvalue weighted by Crippen LogP contribution is 2.44. The molecule has 7 heteroatoms. The summed E-state index contributed by atoms with van der Waals surface area (Å²) in [6, 6.07) is 4.35. The summed E-state index contributed by atoms with van der Waals surface area (Å²) >= 11 is 3.33. The minimum atomic E-state index is -0.311. The highest BCUT2D eigenvalue weighted by atomic mass is 79.9. The zero-order valence-corrected chi connectivity index (χ0v) is 15.0. The second-order valence-corrected chi connectivity index (χ2v) is 7.59. The molecule has 4 rings (SSSR count). The summed E-state index contributed by atoms with van der Waals surface area (Å²) in [6.07, 6.45) is 4.42. The van der Waals surface area contributed by atoms with E-state index in [9.17, 15) is 4.39 Å². The lowest BCUT2D eigenvalue weighted by Gasteiger charge is -2.48. The van der Waals surface area contributed by atoms with Gasteiger partial charge in [-0.05, 0) is 54.1 Å². The Morgan fingerprint density at radius 3 is 2.79 bits per heavy atom. The van der Waals surface area contributed by atoms with Gasteiger partial charge in [-0.25, -0.2) is 14.4 Å². The van der Waals surface area contributed by atoms with Crippen molar-refractivity contribution in [3.63, 3.8) is 0 Å². The minimum Gasteiger partial charge on any atom is -0.451 e. The summed E-state index contributed by atoms with van der Waals surface area (Å²) in [6.45, 7) is 4.25. The number of nitrogens with zero attached hydrogens (tertiary/aromatic N) is 4. The Labute approximate surface area is 148 Å². The van der Waals surface area contributed by atoms with Crippen LogP contribution in [0.15, 0.2) is 35.2 Å². The molecule has 0 amide bonds. The Bertz CT molecular complexity index is 766. The first-order valence-corrected chi connectivity index (χ1v) is 8.70. The zero-order valence-electron chi connectivity index (χ0n) is 13.4. The molecule has 2 aliphatic heterocycles. The van der Waals surface area contributed by atoms with Crippen LogP contribution < -0.4 is 9.64 Å².